The number of aromatic nitrogens is 4. The van der Waals surface area contributed by atoms with Gasteiger partial charge in [-0.15, -0.1) is 11.3 Å². The Hall–Kier alpha value is -4.04. The number of H-pyrrole nitrogens is 1. The Morgan fingerprint density at radius 2 is 2.00 bits per heavy atom. The molecule has 0 amide bonds. The van der Waals surface area contributed by atoms with Gasteiger partial charge >= 0.3 is 0 Å². The molecule has 0 aliphatic carbocycles. The fraction of sp³-hybridized carbons (Fsp3) is 0.154. The number of hydrogen-bond donors (Lipinski definition) is 2. The maximum Gasteiger partial charge on any atom is 0.228 e. The van der Waals surface area contributed by atoms with Gasteiger partial charge in [-0.3, -0.25) is 9.89 Å². The van der Waals surface area contributed by atoms with Crippen molar-refractivity contribution in [3.63, 3.8) is 0 Å². The summed E-state index contributed by atoms with van der Waals surface area (Å²) in [5.41, 5.74) is 4.79. The van der Waals surface area contributed by atoms with Gasteiger partial charge in [-0.05, 0) is 41.6 Å². The molecule has 0 atom stereocenters. The van der Waals surface area contributed by atoms with Crippen molar-refractivity contribution in [3.8, 4) is 11.3 Å². The number of aromatic amines is 1. The van der Waals surface area contributed by atoms with Crippen molar-refractivity contribution in [1.82, 2.24) is 20.2 Å². The Labute approximate surface area is 198 Å². The maximum atomic E-state index is 12.6. The van der Waals surface area contributed by atoms with E-state index in [0.29, 0.717) is 29.6 Å². The van der Waals surface area contributed by atoms with Crippen LogP contribution in [0.5, 0.6) is 0 Å². The molecule has 0 saturated heterocycles. The summed E-state index contributed by atoms with van der Waals surface area (Å²) in [6.45, 7) is 4.12. The molecule has 0 aliphatic rings. The van der Waals surface area contributed by atoms with Crippen LogP contribution in [-0.4, -0.2) is 25.9 Å². The molecule has 8 heteroatoms. The van der Waals surface area contributed by atoms with Crippen LogP contribution in [0.2, 0.25) is 0 Å². The fourth-order valence-electron chi connectivity index (χ4n) is 4.05. The molecule has 2 aromatic carbocycles. The van der Waals surface area contributed by atoms with Gasteiger partial charge in [0.05, 0.1) is 22.9 Å². The van der Waals surface area contributed by atoms with E-state index in [9.17, 15) is 4.79 Å². The second kappa shape index (κ2) is 8.07. The van der Waals surface area contributed by atoms with Crippen molar-refractivity contribution in [2.24, 2.45) is 5.92 Å². The van der Waals surface area contributed by atoms with E-state index in [-0.39, 0.29) is 5.78 Å². The number of thiophene rings is 1. The molecule has 0 bridgehead atoms. The number of fused-ring (bicyclic) bond motifs is 3. The van der Waals surface area contributed by atoms with Crippen LogP contribution >= 0.6 is 11.3 Å². The number of ketones is 1. The Morgan fingerprint density at radius 1 is 1.09 bits per heavy atom. The third-order valence-corrected chi connectivity index (χ3v) is 6.80. The Morgan fingerprint density at radius 3 is 2.88 bits per heavy atom. The van der Waals surface area contributed by atoms with Crippen LogP contribution in [0.3, 0.4) is 0 Å². The summed E-state index contributed by atoms with van der Waals surface area (Å²) in [5.74, 6) is 1.00. The zero-order chi connectivity index (χ0) is 23.2. The second-order valence-electron chi connectivity index (χ2n) is 8.71. The summed E-state index contributed by atoms with van der Waals surface area (Å²) in [6.07, 6.45) is 3.96. The van der Waals surface area contributed by atoms with E-state index >= 15 is 0 Å². The molecule has 0 saturated carbocycles. The molecule has 0 radical (unpaired) electrons. The minimum Gasteiger partial charge on any atom is -0.460 e. The highest BCUT2D eigenvalue weighted by molar-refractivity contribution is 7.20. The summed E-state index contributed by atoms with van der Waals surface area (Å²) in [7, 11) is 0. The maximum absolute atomic E-state index is 12.6. The van der Waals surface area contributed by atoms with E-state index < -0.39 is 0 Å². The third kappa shape index (κ3) is 3.72. The lowest BCUT2D eigenvalue weighted by molar-refractivity contribution is 0.0972. The summed E-state index contributed by atoms with van der Waals surface area (Å²) < 4.78 is 6.78. The first-order valence-electron chi connectivity index (χ1n) is 11.1. The first kappa shape index (κ1) is 20.6. The van der Waals surface area contributed by atoms with Gasteiger partial charge < -0.3 is 9.73 Å². The number of anilines is 2. The smallest absolute Gasteiger partial charge is 0.228 e. The van der Waals surface area contributed by atoms with Crippen molar-refractivity contribution in [2.45, 2.75) is 20.3 Å². The fourth-order valence-corrected chi connectivity index (χ4v) is 5.10. The van der Waals surface area contributed by atoms with E-state index in [0.717, 1.165) is 42.6 Å². The van der Waals surface area contributed by atoms with E-state index in [2.05, 4.69) is 40.4 Å². The summed E-state index contributed by atoms with van der Waals surface area (Å²) in [4.78, 5) is 22.8. The molecule has 6 aromatic rings. The number of hydrogen-bond acceptors (Lipinski definition) is 7. The molecular weight excluding hydrogens is 446 g/mol. The second-order valence-corrected chi connectivity index (χ2v) is 9.80. The first-order valence-corrected chi connectivity index (χ1v) is 11.9. The first-order chi connectivity index (χ1) is 16.5. The quantitative estimate of drug-likeness (QED) is 0.257. The Balaban J connectivity index is 1.39. The zero-order valence-electron chi connectivity index (χ0n) is 18.6. The van der Waals surface area contributed by atoms with Crippen LogP contribution in [-0.2, 0) is 0 Å². The molecule has 4 heterocycles. The molecule has 34 heavy (non-hydrogen) atoms. The largest absolute Gasteiger partial charge is 0.460 e. The lowest BCUT2D eigenvalue weighted by atomic mass is 10.1. The van der Waals surface area contributed by atoms with Crippen LogP contribution in [0, 0.1) is 5.92 Å². The number of Topliss-reactive ketones (excluding diaryl/α,β-unsaturated/α-hetero) is 1. The number of rotatable bonds is 6. The monoisotopic (exact) mass is 467 g/mol. The van der Waals surface area contributed by atoms with E-state index in [1.54, 1.807) is 12.5 Å². The van der Waals surface area contributed by atoms with Gasteiger partial charge in [0.1, 0.15) is 11.2 Å². The van der Waals surface area contributed by atoms with Crippen LogP contribution < -0.4 is 5.32 Å². The van der Waals surface area contributed by atoms with Crippen LogP contribution in [0.15, 0.2) is 65.4 Å². The topological polar surface area (TPSA) is 96.7 Å². The van der Waals surface area contributed by atoms with Crippen LogP contribution in [0.1, 0.15) is 29.9 Å². The molecule has 6 rings (SSSR count). The van der Waals surface area contributed by atoms with Gasteiger partial charge in [-0.1, -0.05) is 26.0 Å². The van der Waals surface area contributed by atoms with Gasteiger partial charge in [0, 0.05) is 33.8 Å². The van der Waals surface area contributed by atoms with Crippen molar-refractivity contribution < 1.29 is 9.21 Å². The lowest BCUT2D eigenvalue weighted by Gasteiger charge is -2.08. The molecule has 4 aromatic heterocycles. The molecule has 0 fully saturated rings. The predicted molar refractivity (Wildman–Crippen MR) is 136 cm³/mol. The van der Waals surface area contributed by atoms with Gasteiger partial charge in [0.15, 0.2) is 11.4 Å². The minimum absolute atomic E-state index is 0.189. The number of nitrogens with zero attached hydrogens (tertiary/aromatic N) is 3. The Bertz CT molecular complexity index is 1680. The number of furan rings is 1. The zero-order valence-corrected chi connectivity index (χ0v) is 19.4. The van der Waals surface area contributed by atoms with E-state index in [1.807, 2.05) is 42.5 Å². The highest BCUT2D eigenvalue weighted by atomic mass is 32.1. The van der Waals surface area contributed by atoms with E-state index in [4.69, 9.17) is 9.40 Å². The average Bonchev–Trinajstić information content (AvgIpc) is 3.56. The lowest BCUT2D eigenvalue weighted by Crippen LogP contribution is -2.00. The molecule has 0 aliphatic heterocycles. The van der Waals surface area contributed by atoms with Crippen molar-refractivity contribution in [1.29, 1.82) is 0 Å². The van der Waals surface area contributed by atoms with Gasteiger partial charge in [-0.2, -0.15) is 5.10 Å². The molecule has 7 nitrogen and oxygen atoms in total. The molecule has 168 valence electrons. The van der Waals surface area contributed by atoms with Gasteiger partial charge in [0.25, 0.3) is 0 Å². The minimum atomic E-state index is 0.189. The highest BCUT2D eigenvalue weighted by Crippen LogP contribution is 2.34. The van der Waals surface area contributed by atoms with Crippen LogP contribution in [0.4, 0.5) is 11.6 Å². The molecule has 2 N–H and O–H groups in total. The van der Waals surface area contributed by atoms with E-state index in [1.165, 1.54) is 11.3 Å². The summed E-state index contributed by atoms with van der Waals surface area (Å²) in [6, 6.07) is 15.8. The summed E-state index contributed by atoms with van der Waals surface area (Å²) in [5, 5.41) is 12.4. The summed E-state index contributed by atoms with van der Waals surface area (Å²) >= 11 is 1.52. The number of carbonyl (C=O) groups is 1. The molecular formula is C26H21N5O2S. The van der Waals surface area contributed by atoms with Gasteiger partial charge in [-0.25, -0.2) is 9.97 Å². The van der Waals surface area contributed by atoms with Crippen molar-refractivity contribution >= 4 is 60.8 Å². The average molecular weight is 468 g/mol. The van der Waals surface area contributed by atoms with Crippen molar-refractivity contribution in [2.75, 3.05) is 5.32 Å². The molecule has 0 spiro atoms. The predicted octanol–water partition coefficient (Wildman–Crippen LogP) is 6.95. The van der Waals surface area contributed by atoms with Crippen LogP contribution in [0.25, 0.3) is 43.3 Å². The standard InChI is InChI=1S/C26H21N5O2S/c1-14(2)9-21(32)23-11-15-3-4-16(12-22(15)34-23)24-25-20(7-8-33-25)29-26(30-24)28-18-5-6-19-17(10-18)13-27-31-19/h3-8,10-14H,9H2,1-2H3,(H,27,31)(H,28,29,30). The Kier molecular flexibility index (Phi) is 4.88. The SMILES string of the molecule is CC(C)CC(=O)c1cc2ccc(-c3nc(Nc4ccc5[nH]ncc5c4)nc4ccoc34)cc2s1. The molecule has 0 unspecified atom stereocenters. The third-order valence-electron chi connectivity index (χ3n) is 5.66. The van der Waals surface area contributed by atoms with Gasteiger partial charge in [0.2, 0.25) is 5.95 Å². The number of nitrogens with one attached hydrogen (secondary N) is 2. The number of benzene rings is 2. The normalized spacial score (nSPS) is 11.7. The highest BCUT2D eigenvalue weighted by Gasteiger charge is 2.16. The van der Waals surface area contributed by atoms with Crippen molar-refractivity contribution in [3.05, 3.63) is 65.9 Å². The number of carbonyl (C=O) groups excluding carboxylic acids is 1.